The Labute approximate surface area is 211 Å². The number of rotatable bonds is 6. The van der Waals surface area contributed by atoms with Crippen molar-refractivity contribution in [3.8, 4) is 22.4 Å². The number of aliphatic hydroxyl groups excluding tert-OH is 1. The highest BCUT2D eigenvalue weighted by atomic mass is 16.3. The molecule has 4 aromatic carbocycles. The molecule has 0 aliphatic carbocycles. The average Bonchev–Trinajstić information content (AvgIpc) is 3.40. The monoisotopic (exact) mass is 471 g/mol. The van der Waals surface area contributed by atoms with Crippen LogP contribution in [0, 0.1) is 13.8 Å². The Balaban J connectivity index is 1.63. The van der Waals surface area contributed by atoms with Gasteiger partial charge >= 0.3 is 0 Å². The molecule has 178 valence electrons. The highest BCUT2D eigenvalue weighted by Gasteiger charge is 2.23. The largest absolute Gasteiger partial charge is 0.389 e. The first-order valence-electron chi connectivity index (χ1n) is 12.4. The summed E-state index contributed by atoms with van der Waals surface area (Å²) < 4.78 is 4.23. The summed E-state index contributed by atoms with van der Waals surface area (Å²) in [4.78, 5) is 0. The first-order chi connectivity index (χ1) is 17.6. The molecule has 0 fully saturated rings. The predicted octanol–water partition coefficient (Wildman–Crippen LogP) is 7.00. The van der Waals surface area contributed by atoms with Crippen LogP contribution in [-0.2, 0) is 13.1 Å². The summed E-state index contributed by atoms with van der Waals surface area (Å²) in [5, 5.41) is 19.5. The molecule has 6 aromatic rings. The zero-order valence-electron chi connectivity index (χ0n) is 20.6. The topological polar surface area (TPSA) is 43.0 Å². The number of fused-ring (bicyclic) bond motifs is 3. The van der Waals surface area contributed by atoms with Crippen LogP contribution in [0.15, 0.2) is 103 Å². The van der Waals surface area contributed by atoms with Crippen molar-refractivity contribution in [3.63, 3.8) is 0 Å². The van der Waals surface area contributed by atoms with Crippen LogP contribution < -0.4 is 0 Å². The Morgan fingerprint density at radius 2 is 1.39 bits per heavy atom. The summed E-state index contributed by atoms with van der Waals surface area (Å²) in [6.45, 7) is 4.92. The molecule has 0 amide bonds. The number of aromatic nitrogens is 3. The molecule has 1 unspecified atom stereocenters. The summed E-state index contributed by atoms with van der Waals surface area (Å²) in [7, 11) is 0. The van der Waals surface area contributed by atoms with Crippen LogP contribution in [0.2, 0.25) is 0 Å². The number of hydrogen-bond acceptors (Lipinski definition) is 2. The summed E-state index contributed by atoms with van der Waals surface area (Å²) >= 11 is 0. The Kier molecular flexibility index (Phi) is 5.67. The van der Waals surface area contributed by atoms with Gasteiger partial charge in [0.25, 0.3) is 0 Å². The third-order valence-electron chi connectivity index (χ3n) is 6.94. The third-order valence-corrected chi connectivity index (χ3v) is 6.94. The summed E-state index contributed by atoms with van der Waals surface area (Å²) in [5.74, 6) is 0. The van der Waals surface area contributed by atoms with Crippen LogP contribution in [0.4, 0.5) is 0 Å². The van der Waals surface area contributed by atoms with Gasteiger partial charge in [-0.15, -0.1) is 0 Å². The van der Waals surface area contributed by atoms with E-state index in [4.69, 9.17) is 0 Å². The maximum absolute atomic E-state index is 11.4. The second-order valence-corrected chi connectivity index (χ2v) is 9.51. The highest BCUT2D eigenvalue weighted by molar-refractivity contribution is 6.15. The van der Waals surface area contributed by atoms with E-state index < -0.39 is 6.10 Å². The van der Waals surface area contributed by atoms with Gasteiger partial charge < -0.3 is 9.67 Å². The van der Waals surface area contributed by atoms with Gasteiger partial charge in [0, 0.05) is 22.0 Å². The number of aryl methyl sites for hydroxylation is 2. The van der Waals surface area contributed by atoms with Crippen LogP contribution in [0.5, 0.6) is 0 Å². The first-order valence-corrected chi connectivity index (χ1v) is 12.4. The van der Waals surface area contributed by atoms with E-state index in [2.05, 4.69) is 101 Å². The molecule has 0 saturated heterocycles. The SMILES string of the molecule is Cc1cc(C)n(CC(O)Cn2c(-c3ccccc3)c(-c3ccccc3)c3ccc4ccccc4c32)n1. The van der Waals surface area contributed by atoms with Gasteiger partial charge in [-0.2, -0.15) is 5.10 Å². The van der Waals surface area contributed by atoms with E-state index in [1.54, 1.807) is 0 Å². The molecule has 1 atom stereocenters. The van der Waals surface area contributed by atoms with E-state index in [0.717, 1.165) is 28.2 Å². The van der Waals surface area contributed by atoms with Gasteiger partial charge in [0.2, 0.25) is 0 Å². The van der Waals surface area contributed by atoms with Gasteiger partial charge in [0.15, 0.2) is 0 Å². The maximum Gasteiger partial charge on any atom is 0.0914 e. The van der Waals surface area contributed by atoms with Crippen molar-refractivity contribution in [1.29, 1.82) is 0 Å². The standard InChI is InChI=1S/C32H29N3O/c1-22-19-23(2)35(33-22)21-27(36)20-34-31(26-14-7-4-8-15-26)30(25-12-5-3-6-13-25)29-18-17-24-11-9-10-16-28(24)32(29)34/h3-19,27,36H,20-21H2,1-2H3. The second kappa shape index (κ2) is 9.14. The first kappa shape index (κ1) is 22.3. The Bertz CT molecular complexity index is 1660. The van der Waals surface area contributed by atoms with E-state index in [1.165, 1.54) is 27.3 Å². The van der Waals surface area contributed by atoms with E-state index >= 15 is 0 Å². The Hall–Kier alpha value is -4.15. The van der Waals surface area contributed by atoms with E-state index in [0.29, 0.717) is 13.1 Å². The van der Waals surface area contributed by atoms with Crippen LogP contribution >= 0.6 is 0 Å². The molecule has 0 saturated carbocycles. The molecular weight excluding hydrogens is 442 g/mol. The number of hydrogen-bond donors (Lipinski definition) is 1. The van der Waals surface area contributed by atoms with Gasteiger partial charge in [0.1, 0.15) is 0 Å². The van der Waals surface area contributed by atoms with Gasteiger partial charge in [-0.25, -0.2) is 0 Å². The highest BCUT2D eigenvalue weighted by Crippen LogP contribution is 2.43. The lowest BCUT2D eigenvalue weighted by atomic mass is 9.97. The van der Waals surface area contributed by atoms with Crippen molar-refractivity contribution < 1.29 is 5.11 Å². The van der Waals surface area contributed by atoms with Crippen molar-refractivity contribution in [1.82, 2.24) is 14.3 Å². The number of nitrogens with zero attached hydrogens (tertiary/aromatic N) is 3. The van der Waals surface area contributed by atoms with Crippen molar-refractivity contribution in [2.24, 2.45) is 0 Å². The minimum absolute atomic E-state index is 0.443. The van der Waals surface area contributed by atoms with Crippen molar-refractivity contribution in [2.75, 3.05) is 0 Å². The van der Waals surface area contributed by atoms with Crippen LogP contribution in [0.3, 0.4) is 0 Å². The summed E-state index contributed by atoms with van der Waals surface area (Å²) in [6, 6.07) is 36.1. The summed E-state index contributed by atoms with van der Waals surface area (Å²) in [5.41, 5.74) is 7.80. The molecule has 4 heteroatoms. The van der Waals surface area contributed by atoms with Gasteiger partial charge in [-0.05, 0) is 36.4 Å². The molecule has 36 heavy (non-hydrogen) atoms. The fraction of sp³-hybridized carbons (Fsp3) is 0.156. The minimum atomic E-state index is -0.608. The molecule has 6 rings (SSSR count). The summed E-state index contributed by atoms with van der Waals surface area (Å²) in [6.07, 6.45) is -0.608. The van der Waals surface area contributed by atoms with Gasteiger partial charge in [0.05, 0.1) is 36.1 Å². The maximum atomic E-state index is 11.4. The van der Waals surface area contributed by atoms with Crippen LogP contribution in [0.25, 0.3) is 44.1 Å². The van der Waals surface area contributed by atoms with Crippen molar-refractivity contribution >= 4 is 21.7 Å². The minimum Gasteiger partial charge on any atom is -0.389 e. The van der Waals surface area contributed by atoms with E-state index in [-0.39, 0.29) is 0 Å². The molecule has 0 aliphatic rings. The lowest BCUT2D eigenvalue weighted by molar-refractivity contribution is 0.131. The zero-order valence-corrected chi connectivity index (χ0v) is 20.6. The van der Waals surface area contributed by atoms with Crippen LogP contribution in [-0.4, -0.2) is 25.6 Å². The predicted molar refractivity (Wildman–Crippen MR) is 148 cm³/mol. The van der Waals surface area contributed by atoms with E-state index in [1.807, 2.05) is 30.7 Å². The molecule has 0 bridgehead atoms. The fourth-order valence-corrected chi connectivity index (χ4v) is 5.43. The molecule has 0 spiro atoms. The molecule has 1 N–H and O–H groups in total. The van der Waals surface area contributed by atoms with Crippen molar-refractivity contribution in [3.05, 3.63) is 115 Å². The molecular formula is C32H29N3O. The van der Waals surface area contributed by atoms with Crippen molar-refractivity contribution in [2.45, 2.75) is 33.0 Å². The normalized spacial score (nSPS) is 12.4. The van der Waals surface area contributed by atoms with E-state index in [9.17, 15) is 5.11 Å². The smallest absolute Gasteiger partial charge is 0.0914 e. The quantitative estimate of drug-likeness (QED) is 0.284. The molecule has 4 nitrogen and oxygen atoms in total. The lowest BCUT2D eigenvalue weighted by Crippen LogP contribution is -2.24. The van der Waals surface area contributed by atoms with Crippen LogP contribution in [0.1, 0.15) is 11.4 Å². The molecule has 0 aliphatic heterocycles. The molecule has 2 heterocycles. The zero-order chi connectivity index (χ0) is 24.6. The van der Waals surface area contributed by atoms with Gasteiger partial charge in [-0.3, -0.25) is 4.68 Å². The Morgan fingerprint density at radius 1 is 0.722 bits per heavy atom. The van der Waals surface area contributed by atoms with Gasteiger partial charge in [-0.1, -0.05) is 97.1 Å². The average molecular weight is 472 g/mol. The fourth-order valence-electron chi connectivity index (χ4n) is 5.43. The second-order valence-electron chi connectivity index (χ2n) is 9.51. The Morgan fingerprint density at radius 3 is 2.08 bits per heavy atom. The molecule has 2 aromatic heterocycles. The number of aliphatic hydroxyl groups is 1. The third kappa shape index (κ3) is 3.90. The lowest BCUT2D eigenvalue weighted by Gasteiger charge is -2.18. The number of benzene rings is 4. The molecule has 0 radical (unpaired) electrons.